The molecule has 23 heavy (non-hydrogen) atoms. The number of aromatic carboxylic acids is 1. The number of anilines is 1. The Morgan fingerprint density at radius 2 is 1.48 bits per heavy atom. The lowest BCUT2D eigenvalue weighted by atomic mass is 10.2. The van der Waals surface area contributed by atoms with Crippen LogP contribution >= 0.6 is 0 Å². The van der Waals surface area contributed by atoms with Crippen molar-refractivity contribution in [3.05, 3.63) is 59.7 Å². The third-order valence-corrected chi connectivity index (χ3v) is 4.26. The average Bonchev–Trinajstić information content (AvgIpc) is 2.46. The maximum atomic E-state index is 12.4. The first-order valence-corrected chi connectivity index (χ1v) is 7.59. The monoisotopic (exact) mass is 344 g/mol. The van der Waals surface area contributed by atoms with Crippen LogP contribution in [0.15, 0.2) is 53.4 Å². The van der Waals surface area contributed by atoms with E-state index in [-0.39, 0.29) is 16.1 Å². The average molecular weight is 344 g/mol. The van der Waals surface area contributed by atoms with Crippen LogP contribution in [-0.2, 0) is 16.2 Å². The molecule has 0 aromatic heterocycles. The largest absolute Gasteiger partial charge is 0.545 e. The van der Waals surface area contributed by atoms with Gasteiger partial charge in [-0.3, -0.25) is 4.72 Å². The highest BCUT2D eigenvalue weighted by Gasteiger charge is 2.30. The summed E-state index contributed by atoms with van der Waals surface area (Å²) in [6.07, 6.45) is -4.56. The summed E-state index contributed by atoms with van der Waals surface area (Å²) in [4.78, 5) is 10.2. The predicted molar refractivity (Wildman–Crippen MR) is 73.0 cm³/mol. The molecule has 2 aromatic rings. The molecule has 0 aliphatic heterocycles. The van der Waals surface area contributed by atoms with Crippen LogP contribution in [-0.4, -0.2) is 14.4 Å². The van der Waals surface area contributed by atoms with E-state index in [2.05, 4.69) is 4.72 Å². The van der Waals surface area contributed by atoms with Crippen molar-refractivity contribution in [1.29, 1.82) is 0 Å². The van der Waals surface area contributed by atoms with Crippen molar-refractivity contribution in [3.8, 4) is 0 Å². The highest BCUT2D eigenvalue weighted by atomic mass is 32.2. The molecule has 0 unspecified atom stereocenters. The fourth-order valence-corrected chi connectivity index (χ4v) is 2.77. The maximum Gasteiger partial charge on any atom is 0.416 e. The quantitative estimate of drug-likeness (QED) is 0.917. The molecule has 0 aliphatic carbocycles. The van der Waals surface area contributed by atoms with E-state index < -0.39 is 27.7 Å². The number of hydrogen-bond donors (Lipinski definition) is 1. The van der Waals surface area contributed by atoms with Gasteiger partial charge in [0, 0.05) is 5.69 Å². The van der Waals surface area contributed by atoms with Crippen LogP contribution in [0.3, 0.4) is 0 Å². The van der Waals surface area contributed by atoms with Gasteiger partial charge in [-0.2, -0.15) is 13.2 Å². The standard InChI is InChI=1S/C14H10F3NO4S/c15-14(16,17)10-3-7-12(8-4-10)23(21,22)18-11-5-1-9(2-6-11)13(19)20/h1-8,18H,(H,19,20)/p-1. The van der Waals surface area contributed by atoms with Crippen molar-refractivity contribution in [3.63, 3.8) is 0 Å². The summed E-state index contributed by atoms with van der Waals surface area (Å²) in [6, 6.07) is 7.67. The van der Waals surface area contributed by atoms with Gasteiger partial charge in [-0.1, -0.05) is 12.1 Å². The van der Waals surface area contributed by atoms with E-state index >= 15 is 0 Å². The Balaban J connectivity index is 2.23. The van der Waals surface area contributed by atoms with Gasteiger partial charge in [-0.05, 0) is 42.0 Å². The number of carbonyl (C=O) groups excluding carboxylic acids is 1. The zero-order chi connectivity index (χ0) is 17.3. The van der Waals surface area contributed by atoms with E-state index in [1.807, 2.05) is 0 Å². The summed E-state index contributed by atoms with van der Waals surface area (Å²) >= 11 is 0. The molecule has 122 valence electrons. The lowest BCUT2D eigenvalue weighted by Crippen LogP contribution is -2.22. The van der Waals surface area contributed by atoms with Gasteiger partial charge in [0.15, 0.2) is 0 Å². The van der Waals surface area contributed by atoms with Gasteiger partial charge in [0.1, 0.15) is 0 Å². The second-order valence-electron chi connectivity index (χ2n) is 4.49. The van der Waals surface area contributed by atoms with Gasteiger partial charge in [-0.15, -0.1) is 0 Å². The summed E-state index contributed by atoms with van der Waals surface area (Å²) in [5.41, 5.74) is -1.04. The number of carboxylic acids is 1. The zero-order valence-electron chi connectivity index (χ0n) is 11.3. The number of sulfonamides is 1. The number of carboxylic acid groups (broad SMARTS) is 1. The number of carbonyl (C=O) groups is 1. The van der Waals surface area contributed by atoms with Crippen LogP contribution in [0.4, 0.5) is 18.9 Å². The Kier molecular flexibility index (Phi) is 4.33. The first-order valence-electron chi connectivity index (χ1n) is 6.11. The van der Waals surface area contributed by atoms with Crippen molar-refractivity contribution >= 4 is 21.7 Å². The Morgan fingerprint density at radius 1 is 0.957 bits per heavy atom. The minimum Gasteiger partial charge on any atom is -0.545 e. The van der Waals surface area contributed by atoms with Crippen molar-refractivity contribution in [2.75, 3.05) is 4.72 Å². The molecule has 1 N–H and O–H groups in total. The SMILES string of the molecule is O=C([O-])c1ccc(NS(=O)(=O)c2ccc(C(F)(F)F)cc2)cc1. The fraction of sp³-hybridized carbons (Fsp3) is 0.0714. The van der Waals surface area contributed by atoms with Crippen LogP contribution in [0, 0.1) is 0 Å². The highest BCUT2D eigenvalue weighted by molar-refractivity contribution is 7.92. The molecular weight excluding hydrogens is 335 g/mol. The molecule has 0 fully saturated rings. The van der Waals surface area contributed by atoms with Gasteiger partial charge < -0.3 is 9.90 Å². The lowest BCUT2D eigenvalue weighted by molar-refractivity contribution is -0.255. The third-order valence-electron chi connectivity index (χ3n) is 2.86. The molecule has 0 radical (unpaired) electrons. The fourth-order valence-electron chi connectivity index (χ4n) is 1.71. The van der Waals surface area contributed by atoms with E-state index in [4.69, 9.17) is 0 Å². The first kappa shape index (κ1) is 16.8. The van der Waals surface area contributed by atoms with Gasteiger partial charge in [-0.25, -0.2) is 8.42 Å². The molecule has 0 saturated heterocycles. The van der Waals surface area contributed by atoms with Crippen molar-refractivity contribution in [2.45, 2.75) is 11.1 Å². The van der Waals surface area contributed by atoms with E-state index in [0.717, 1.165) is 24.3 Å². The maximum absolute atomic E-state index is 12.4. The smallest absolute Gasteiger partial charge is 0.416 e. The normalized spacial score (nSPS) is 12.0. The summed E-state index contributed by atoms with van der Waals surface area (Å²) < 4.78 is 63.6. The van der Waals surface area contributed by atoms with Crippen LogP contribution in [0.1, 0.15) is 15.9 Å². The molecule has 2 aromatic carbocycles. The number of hydrogen-bond acceptors (Lipinski definition) is 4. The van der Waals surface area contributed by atoms with Crippen LogP contribution < -0.4 is 9.83 Å². The lowest BCUT2D eigenvalue weighted by Gasteiger charge is -2.11. The predicted octanol–water partition coefficient (Wildman–Crippen LogP) is 1.87. The number of alkyl halides is 3. The minimum absolute atomic E-state index is 0.0647. The second-order valence-corrected chi connectivity index (χ2v) is 6.17. The number of nitrogens with one attached hydrogen (secondary N) is 1. The highest BCUT2D eigenvalue weighted by Crippen LogP contribution is 2.30. The van der Waals surface area contributed by atoms with E-state index in [9.17, 15) is 31.5 Å². The molecule has 0 heterocycles. The Bertz CT molecular complexity index is 813. The van der Waals surface area contributed by atoms with Gasteiger partial charge in [0.25, 0.3) is 10.0 Å². The van der Waals surface area contributed by atoms with Crippen molar-refractivity contribution < 1.29 is 31.5 Å². The molecule has 0 atom stereocenters. The summed E-state index contributed by atoms with van der Waals surface area (Å²) in [6.45, 7) is 0. The molecule has 0 saturated carbocycles. The third kappa shape index (κ3) is 4.01. The topological polar surface area (TPSA) is 86.3 Å². The van der Waals surface area contributed by atoms with Crippen molar-refractivity contribution in [1.82, 2.24) is 0 Å². The van der Waals surface area contributed by atoms with E-state index in [1.165, 1.54) is 12.1 Å². The minimum atomic E-state index is -4.56. The van der Waals surface area contributed by atoms with Gasteiger partial charge in [0.2, 0.25) is 0 Å². The second kappa shape index (κ2) is 5.92. The molecule has 9 heteroatoms. The van der Waals surface area contributed by atoms with Crippen molar-refractivity contribution in [2.24, 2.45) is 0 Å². The molecule has 0 spiro atoms. The summed E-state index contributed by atoms with van der Waals surface area (Å²) in [7, 11) is -4.09. The molecule has 2 rings (SSSR count). The van der Waals surface area contributed by atoms with Gasteiger partial charge in [0.05, 0.1) is 16.4 Å². The Morgan fingerprint density at radius 3 is 1.91 bits per heavy atom. The first-order chi connectivity index (χ1) is 10.6. The molecule has 0 amide bonds. The van der Waals surface area contributed by atoms with Crippen LogP contribution in [0.2, 0.25) is 0 Å². The Labute approximate surface area is 129 Å². The molecule has 5 nitrogen and oxygen atoms in total. The number of halogens is 3. The van der Waals surface area contributed by atoms with Crippen LogP contribution in [0.5, 0.6) is 0 Å². The molecular formula is C14H9F3NO4S-. The summed E-state index contributed by atoms with van der Waals surface area (Å²) in [5.74, 6) is -1.41. The molecule has 0 bridgehead atoms. The zero-order valence-corrected chi connectivity index (χ0v) is 12.1. The summed E-state index contributed by atoms with van der Waals surface area (Å²) in [5, 5.41) is 10.6. The number of rotatable bonds is 4. The van der Waals surface area contributed by atoms with E-state index in [0.29, 0.717) is 12.1 Å². The number of benzene rings is 2. The Hall–Kier alpha value is -2.55. The van der Waals surface area contributed by atoms with E-state index in [1.54, 1.807) is 0 Å². The van der Waals surface area contributed by atoms with Crippen LogP contribution in [0.25, 0.3) is 0 Å². The molecule has 0 aliphatic rings. The van der Waals surface area contributed by atoms with Gasteiger partial charge >= 0.3 is 6.18 Å².